The van der Waals surface area contributed by atoms with Crippen molar-refractivity contribution in [1.29, 1.82) is 0 Å². The summed E-state index contributed by atoms with van der Waals surface area (Å²) in [6, 6.07) is 9.79. The third-order valence-electron chi connectivity index (χ3n) is 5.18. The van der Waals surface area contributed by atoms with Crippen LogP contribution < -0.4 is 0 Å². The van der Waals surface area contributed by atoms with Gasteiger partial charge in [0.1, 0.15) is 11.9 Å². The van der Waals surface area contributed by atoms with E-state index < -0.39 is 26.6 Å². The molecule has 134 valence electrons. The van der Waals surface area contributed by atoms with E-state index in [1.54, 1.807) is 0 Å². The van der Waals surface area contributed by atoms with Gasteiger partial charge in [0.25, 0.3) is 0 Å². The standard InChI is InChI=1S/C19H30O4Si/c1-19(2,3)24(4,5)23-17-12-15(20)11-16(18(17)21)22-13-14-9-7-6-8-10-14/h6-10,16-18,21H,11-13H2,1-5H3. The molecule has 0 radical (unpaired) electrons. The van der Waals surface area contributed by atoms with Gasteiger partial charge in [0.2, 0.25) is 0 Å². The average Bonchev–Trinajstić information content (AvgIpc) is 2.48. The summed E-state index contributed by atoms with van der Waals surface area (Å²) in [5.74, 6) is 0.0991. The van der Waals surface area contributed by atoms with Gasteiger partial charge in [-0.3, -0.25) is 4.79 Å². The molecule has 4 nitrogen and oxygen atoms in total. The summed E-state index contributed by atoms with van der Waals surface area (Å²) in [6.07, 6.45) is -1.20. The average molecular weight is 351 g/mol. The molecule has 1 saturated carbocycles. The Kier molecular flexibility index (Phi) is 6.02. The topological polar surface area (TPSA) is 55.8 Å². The largest absolute Gasteiger partial charge is 0.411 e. The van der Waals surface area contributed by atoms with Crippen LogP contribution in [0.2, 0.25) is 18.1 Å². The Bertz CT molecular complexity index is 550. The number of ether oxygens (including phenoxy) is 1. The van der Waals surface area contributed by atoms with Crippen LogP contribution in [0.1, 0.15) is 39.2 Å². The van der Waals surface area contributed by atoms with Crippen molar-refractivity contribution in [3.8, 4) is 0 Å². The number of hydrogen-bond donors (Lipinski definition) is 1. The zero-order valence-electron chi connectivity index (χ0n) is 15.4. The Morgan fingerprint density at radius 2 is 1.71 bits per heavy atom. The molecule has 0 bridgehead atoms. The molecule has 0 saturated heterocycles. The first-order chi connectivity index (χ1) is 11.1. The second kappa shape index (κ2) is 7.48. The number of benzene rings is 1. The normalized spacial score (nSPS) is 25.8. The zero-order valence-corrected chi connectivity index (χ0v) is 16.4. The summed E-state index contributed by atoms with van der Waals surface area (Å²) in [4.78, 5) is 12.1. The fraction of sp³-hybridized carbons (Fsp3) is 0.632. The first-order valence-electron chi connectivity index (χ1n) is 8.63. The lowest BCUT2D eigenvalue weighted by atomic mass is 9.91. The van der Waals surface area contributed by atoms with E-state index in [0.29, 0.717) is 6.61 Å². The van der Waals surface area contributed by atoms with Crippen molar-refractivity contribution in [2.75, 3.05) is 0 Å². The summed E-state index contributed by atoms with van der Waals surface area (Å²) in [5, 5.41) is 10.7. The van der Waals surface area contributed by atoms with Gasteiger partial charge in [-0.25, -0.2) is 0 Å². The Labute approximate surface area is 146 Å². The molecule has 1 N–H and O–H groups in total. The Morgan fingerprint density at radius 1 is 1.12 bits per heavy atom. The molecule has 1 aromatic rings. The minimum atomic E-state index is -2.05. The molecule has 0 aromatic heterocycles. The summed E-state index contributed by atoms with van der Waals surface area (Å²) in [7, 11) is -2.05. The highest BCUT2D eigenvalue weighted by Gasteiger charge is 2.44. The molecule has 1 aliphatic carbocycles. The molecule has 3 unspecified atom stereocenters. The van der Waals surface area contributed by atoms with Crippen LogP contribution in [0.5, 0.6) is 0 Å². The molecule has 1 aromatic carbocycles. The summed E-state index contributed by atoms with van der Waals surface area (Å²) in [5.41, 5.74) is 1.03. The maximum absolute atomic E-state index is 12.1. The fourth-order valence-corrected chi connectivity index (χ4v) is 3.95. The smallest absolute Gasteiger partial charge is 0.192 e. The summed E-state index contributed by atoms with van der Waals surface area (Å²) in [6.45, 7) is 11.1. The van der Waals surface area contributed by atoms with Crippen molar-refractivity contribution in [2.45, 2.75) is 76.7 Å². The molecule has 24 heavy (non-hydrogen) atoms. The Balaban J connectivity index is 2.02. The van der Waals surface area contributed by atoms with Crippen LogP contribution in [0.3, 0.4) is 0 Å². The van der Waals surface area contributed by atoms with Crippen LogP contribution in [-0.4, -0.2) is 37.5 Å². The van der Waals surface area contributed by atoms with Crippen molar-refractivity contribution in [1.82, 2.24) is 0 Å². The van der Waals surface area contributed by atoms with E-state index >= 15 is 0 Å². The molecule has 0 spiro atoms. The van der Waals surface area contributed by atoms with E-state index in [-0.39, 0.29) is 23.7 Å². The molecule has 0 heterocycles. The van der Waals surface area contributed by atoms with E-state index in [0.717, 1.165) is 5.56 Å². The third-order valence-corrected chi connectivity index (χ3v) is 9.68. The van der Waals surface area contributed by atoms with Crippen molar-refractivity contribution < 1.29 is 19.1 Å². The maximum Gasteiger partial charge on any atom is 0.192 e. The zero-order chi connectivity index (χ0) is 18.0. The molecule has 0 aliphatic heterocycles. The highest BCUT2D eigenvalue weighted by molar-refractivity contribution is 6.74. The second-order valence-corrected chi connectivity index (χ2v) is 12.9. The van der Waals surface area contributed by atoms with Crippen molar-refractivity contribution >= 4 is 14.1 Å². The molecular formula is C19H30O4Si. The van der Waals surface area contributed by atoms with Crippen molar-refractivity contribution in [3.05, 3.63) is 35.9 Å². The van der Waals surface area contributed by atoms with Gasteiger partial charge in [-0.1, -0.05) is 51.1 Å². The van der Waals surface area contributed by atoms with Crippen LogP contribution in [0.25, 0.3) is 0 Å². The molecule has 2 rings (SSSR count). The maximum atomic E-state index is 12.1. The SMILES string of the molecule is CC(C)(C)[Si](C)(C)OC1CC(=O)CC(OCc2ccccc2)C1O. The van der Waals surface area contributed by atoms with Crippen LogP contribution in [0.15, 0.2) is 30.3 Å². The quantitative estimate of drug-likeness (QED) is 0.823. The molecule has 0 amide bonds. The van der Waals surface area contributed by atoms with E-state index in [2.05, 4.69) is 33.9 Å². The van der Waals surface area contributed by atoms with Crippen LogP contribution >= 0.6 is 0 Å². The van der Waals surface area contributed by atoms with Crippen LogP contribution in [0, 0.1) is 0 Å². The second-order valence-electron chi connectivity index (χ2n) is 8.19. The number of carbonyl (C=O) groups is 1. The van der Waals surface area contributed by atoms with Crippen LogP contribution in [0.4, 0.5) is 0 Å². The lowest BCUT2D eigenvalue weighted by molar-refractivity contribution is -0.146. The van der Waals surface area contributed by atoms with E-state index in [1.807, 2.05) is 30.3 Å². The summed E-state index contributed by atoms with van der Waals surface area (Å²) >= 11 is 0. The Morgan fingerprint density at radius 3 is 2.29 bits per heavy atom. The molecular weight excluding hydrogens is 320 g/mol. The minimum absolute atomic E-state index is 0.0353. The monoisotopic (exact) mass is 350 g/mol. The van der Waals surface area contributed by atoms with Gasteiger partial charge in [0.15, 0.2) is 8.32 Å². The predicted octanol–water partition coefficient (Wildman–Crippen LogP) is 3.69. The van der Waals surface area contributed by atoms with Crippen molar-refractivity contribution in [2.24, 2.45) is 0 Å². The number of ketones is 1. The minimum Gasteiger partial charge on any atom is -0.411 e. The van der Waals surface area contributed by atoms with Gasteiger partial charge in [-0.2, -0.15) is 0 Å². The number of hydrogen-bond acceptors (Lipinski definition) is 4. The highest BCUT2D eigenvalue weighted by Crippen LogP contribution is 2.39. The molecule has 1 fully saturated rings. The number of rotatable bonds is 5. The van der Waals surface area contributed by atoms with Gasteiger partial charge >= 0.3 is 0 Å². The fourth-order valence-electron chi connectivity index (χ4n) is 2.61. The Hall–Kier alpha value is -1.01. The van der Waals surface area contributed by atoms with Gasteiger partial charge in [0.05, 0.1) is 18.8 Å². The van der Waals surface area contributed by atoms with E-state index in [1.165, 1.54) is 0 Å². The number of aliphatic hydroxyl groups excluding tert-OH is 1. The first kappa shape index (κ1) is 19.3. The van der Waals surface area contributed by atoms with E-state index in [4.69, 9.17) is 9.16 Å². The van der Waals surface area contributed by atoms with Crippen molar-refractivity contribution in [3.63, 3.8) is 0 Å². The predicted molar refractivity (Wildman–Crippen MR) is 97.3 cm³/mol. The van der Waals surface area contributed by atoms with E-state index in [9.17, 15) is 9.90 Å². The van der Waals surface area contributed by atoms with Gasteiger partial charge in [0, 0.05) is 12.8 Å². The van der Waals surface area contributed by atoms with Crippen LogP contribution in [-0.2, 0) is 20.6 Å². The number of Topliss-reactive ketones (excluding diaryl/α,β-unsaturated/α-hetero) is 1. The molecule has 5 heteroatoms. The van der Waals surface area contributed by atoms with Gasteiger partial charge < -0.3 is 14.3 Å². The lowest BCUT2D eigenvalue weighted by Crippen LogP contribution is -2.53. The van der Waals surface area contributed by atoms with Gasteiger partial charge in [-0.05, 0) is 23.7 Å². The lowest BCUT2D eigenvalue weighted by Gasteiger charge is -2.43. The number of carbonyl (C=O) groups excluding carboxylic acids is 1. The third kappa shape index (κ3) is 4.76. The highest BCUT2D eigenvalue weighted by atomic mass is 28.4. The number of aliphatic hydroxyl groups is 1. The summed E-state index contributed by atoms with van der Waals surface area (Å²) < 4.78 is 12.1. The van der Waals surface area contributed by atoms with Gasteiger partial charge in [-0.15, -0.1) is 0 Å². The molecule has 3 atom stereocenters. The molecule has 1 aliphatic rings. The first-order valence-corrected chi connectivity index (χ1v) is 11.5.